The van der Waals surface area contributed by atoms with Crippen LogP contribution in [-0.2, 0) is 16.2 Å². The molecule has 0 aromatic heterocycles. The smallest absolute Gasteiger partial charge is 0.315 e. The first-order chi connectivity index (χ1) is 11.5. The molecule has 0 heterocycles. The van der Waals surface area contributed by atoms with Gasteiger partial charge >= 0.3 is 6.18 Å². The van der Waals surface area contributed by atoms with Crippen LogP contribution < -0.4 is 5.32 Å². The van der Waals surface area contributed by atoms with Gasteiger partial charge in [-0.2, -0.15) is 17.5 Å². The summed E-state index contributed by atoms with van der Waals surface area (Å²) in [7, 11) is -3.97. The van der Waals surface area contributed by atoms with E-state index in [0.29, 0.717) is 18.5 Å². The van der Waals surface area contributed by atoms with Gasteiger partial charge in [-0.1, -0.05) is 19.9 Å². The van der Waals surface area contributed by atoms with Gasteiger partial charge in [0.1, 0.15) is 0 Å². The molecule has 0 saturated carbocycles. The molecule has 0 unspecified atom stereocenters. The molecule has 0 aliphatic heterocycles. The molecule has 0 fully saturated rings. The number of halogens is 3. The van der Waals surface area contributed by atoms with Crippen molar-refractivity contribution in [2.45, 2.75) is 63.7 Å². The second-order valence-corrected chi connectivity index (χ2v) is 8.44. The van der Waals surface area contributed by atoms with Gasteiger partial charge in [-0.3, -0.25) is 0 Å². The van der Waals surface area contributed by atoms with Crippen LogP contribution in [0.25, 0.3) is 0 Å². The lowest BCUT2D eigenvalue weighted by Gasteiger charge is -2.26. The number of unbranched alkanes of at least 4 members (excludes halogenated alkanes) is 1. The molecule has 1 aromatic carbocycles. The average molecular weight is 380 g/mol. The Morgan fingerprint density at radius 1 is 1.12 bits per heavy atom. The molecule has 0 saturated heterocycles. The molecule has 1 rings (SSSR count). The lowest BCUT2D eigenvalue weighted by atomic mass is 10.2. The molecular weight excluding hydrogens is 353 g/mol. The molecule has 0 aliphatic rings. The van der Waals surface area contributed by atoms with Crippen LogP contribution in [0.4, 0.5) is 13.2 Å². The van der Waals surface area contributed by atoms with Gasteiger partial charge in [0.2, 0.25) is 10.0 Å². The Morgan fingerprint density at radius 2 is 1.76 bits per heavy atom. The molecule has 0 radical (unpaired) electrons. The third-order valence-corrected chi connectivity index (χ3v) is 5.77. The minimum atomic E-state index is -4.57. The fourth-order valence-electron chi connectivity index (χ4n) is 2.41. The van der Waals surface area contributed by atoms with Crippen molar-refractivity contribution in [3.05, 3.63) is 29.8 Å². The summed E-state index contributed by atoms with van der Waals surface area (Å²) < 4.78 is 65.4. The summed E-state index contributed by atoms with van der Waals surface area (Å²) in [5.41, 5.74) is -0.960. The number of rotatable bonds is 9. The molecular formula is C17H27F3N2O2S. The highest BCUT2D eigenvalue weighted by Gasteiger charge is 2.33. The maximum absolute atomic E-state index is 12.9. The van der Waals surface area contributed by atoms with Crippen LogP contribution in [0.1, 0.15) is 46.1 Å². The van der Waals surface area contributed by atoms with Crippen LogP contribution in [0.3, 0.4) is 0 Å². The van der Waals surface area contributed by atoms with Gasteiger partial charge in [-0.15, -0.1) is 0 Å². The second kappa shape index (κ2) is 9.00. The van der Waals surface area contributed by atoms with Crippen LogP contribution in [0.15, 0.2) is 29.2 Å². The molecule has 4 nitrogen and oxygen atoms in total. The van der Waals surface area contributed by atoms with Gasteiger partial charge in [-0.25, -0.2) is 8.42 Å². The summed E-state index contributed by atoms with van der Waals surface area (Å²) in [6.45, 7) is 8.54. The van der Waals surface area contributed by atoms with E-state index in [0.717, 1.165) is 25.1 Å². The highest BCUT2D eigenvalue weighted by atomic mass is 32.2. The number of benzene rings is 1. The van der Waals surface area contributed by atoms with Gasteiger partial charge in [0.05, 0.1) is 10.5 Å². The Bertz CT molecular complexity index is 644. The minimum absolute atomic E-state index is 0.274. The summed E-state index contributed by atoms with van der Waals surface area (Å²) in [4.78, 5) is -0.323. The molecule has 0 atom stereocenters. The van der Waals surface area contributed by atoms with E-state index < -0.39 is 21.8 Å². The molecule has 0 bridgehead atoms. The largest absolute Gasteiger partial charge is 0.416 e. The van der Waals surface area contributed by atoms with Crippen LogP contribution in [0.5, 0.6) is 0 Å². The summed E-state index contributed by atoms with van der Waals surface area (Å²) >= 11 is 0. The van der Waals surface area contributed by atoms with Gasteiger partial charge in [-0.05, 0) is 51.4 Å². The van der Waals surface area contributed by atoms with Crippen LogP contribution >= 0.6 is 0 Å². The van der Waals surface area contributed by atoms with Crippen molar-refractivity contribution < 1.29 is 21.6 Å². The summed E-state index contributed by atoms with van der Waals surface area (Å²) in [6.07, 6.45) is -3.15. The maximum atomic E-state index is 12.9. The number of hydrogen-bond acceptors (Lipinski definition) is 3. The van der Waals surface area contributed by atoms with Crippen molar-refractivity contribution in [3.8, 4) is 0 Å². The van der Waals surface area contributed by atoms with E-state index in [-0.39, 0.29) is 17.5 Å². The highest BCUT2D eigenvalue weighted by Crippen LogP contribution is 2.31. The van der Waals surface area contributed by atoms with E-state index in [4.69, 9.17) is 0 Å². The first kappa shape index (κ1) is 21.9. The van der Waals surface area contributed by atoms with Crippen molar-refractivity contribution in [1.82, 2.24) is 9.62 Å². The van der Waals surface area contributed by atoms with Gasteiger partial charge in [0.15, 0.2) is 0 Å². The van der Waals surface area contributed by atoms with Crippen molar-refractivity contribution in [3.63, 3.8) is 0 Å². The molecule has 1 N–H and O–H groups in total. The zero-order chi connectivity index (χ0) is 19.3. The fraction of sp³-hybridized carbons (Fsp3) is 0.647. The standard InChI is InChI=1S/C17H27F3N2O2S/c1-13(2)21-10-5-6-11-22(14(3)4)25(23,24)16-9-7-8-15(12-16)17(18,19)20/h7-9,12-14,21H,5-6,10-11H2,1-4H3. The lowest BCUT2D eigenvalue weighted by molar-refractivity contribution is -0.137. The zero-order valence-corrected chi connectivity index (χ0v) is 15.9. The molecule has 8 heteroatoms. The quantitative estimate of drug-likeness (QED) is 0.662. The Labute approximate surface area is 148 Å². The third-order valence-electron chi connectivity index (χ3n) is 3.70. The van der Waals surface area contributed by atoms with Crippen LogP contribution in [-0.4, -0.2) is 37.9 Å². The molecule has 25 heavy (non-hydrogen) atoms. The Kier molecular flexibility index (Phi) is 7.89. The molecule has 0 amide bonds. The predicted octanol–water partition coefficient (Wildman–Crippen LogP) is 3.88. The summed E-state index contributed by atoms with van der Waals surface area (Å²) in [5.74, 6) is 0. The molecule has 0 aliphatic carbocycles. The van der Waals surface area contributed by atoms with Crippen molar-refractivity contribution in [1.29, 1.82) is 0 Å². The molecule has 0 spiro atoms. The maximum Gasteiger partial charge on any atom is 0.416 e. The number of hydrogen-bond donors (Lipinski definition) is 1. The fourth-order valence-corrected chi connectivity index (χ4v) is 4.13. The van der Waals surface area contributed by atoms with Crippen molar-refractivity contribution in [2.75, 3.05) is 13.1 Å². The second-order valence-electron chi connectivity index (χ2n) is 6.55. The Hall–Kier alpha value is -1.12. The topological polar surface area (TPSA) is 49.4 Å². The summed E-state index contributed by atoms with van der Waals surface area (Å²) in [5, 5.41) is 3.25. The number of nitrogens with one attached hydrogen (secondary N) is 1. The molecule has 144 valence electrons. The highest BCUT2D eigenvalue weighted by molar-refractivity contribution is 7.89. The van der Waals surface area contributed by atoms with Crippen LogP contribution in [0.2, 0.25) is 0 Å². The van der Waals surface area contributed by atoms with E-state index in [1.807, 2.05) is 13.8 Å². The average Bonchev–Trinajstić information content (AvgIpc) is 2.49. The monoisotopic (exact) mass is 380 g/mol. The van der Waals surface area contributed by atoms with Crippen LogP contribution in [0, 0.1) is 0 Å². The Balaban J connectivity index is 2.91. The Morgan fingerprint density at radius 3 is 2.28 bits per heavy atom. The van der Waals surface area contributed by atoms with E-state index >= 15 is 0 Å². The minimum Gasteiger partial charge on any atom is -0.315 e. The first-order valence-electron chi connectivity index (χ1n) is 8.38. The third kappa shape index (κ3) is 6.60. The number of alkyl halides is 3. The van der Waals surface area contributed by atoms with Crippen molar-refractivity contribution in [2.24, 2.45) is 0 Å². The number of nitrogens with zero attached hydrogens (tertiary/aromatic N) is 1. The first-order valence-corrected chi connectivity index (χ1v) is 9.82. The summed E-state index contributed by atoms with van der Waals surface area (Å²) in [6, 6.07) is 3.93. The van der Waals surface area contributed by atoms with E-state index in [1.54, 1.807) is 13.8 Å². The van der Waals surface area contributed by atoms with E-state index in [9.17, 15) is 21.6 Å². The lowest BCUT2D eigenvalue weighted by Crippen LogP contribution is -2.38. The number of sulfonamides is 1. The van der Waals surface area contributed by atoms with Gasteiger partial charge in [0, 0.05) is 18.6 Å². The molecule has 1 aromatic rings. The zero-order valence-electron chi connectivity index (χ0n) is 15.1. The van der Waals surface area contributed by atoms with E-state index in [1.165, 1.54) is 10.4 Å². The predicted molar refractivity (Wildman–Crippen MR) is 92.8 cm³/mol. The van der Waals surface area contributed by atoms with Gasteiger partial charge in [0.25, 0.3) is 0 Å². The van der Waals surface area contributed by atoms with E-state index in [2.05, 4.69) is 5.32 Å². The normalized spacial score (nSPS) is 13.2. The van der Waals surface area contributed by atoms with Crippen molar-refractivity contribution >= 4 is 10.0 Å². The van der Waals surface area contributed by atoms with Gasteiger partial charge < -0.3 is 5.32 Å². The SMILES string of the molecule is CC(C)NCCCCN(C(C)C)S(=O)(=O)c1cccc(C(F)(F)F)c1.